The van der Waals surface area contributed by atoms with Crippen LogP contribution in [0.4, 0.5) is 0 Å². The van der Waals surface area contributed by atoms with Gasteiger partial charge >= 0.3 is 5.97 Å². The standard InChI is InChI=1S/C10H12O2/c1-2-3-4-5-6-7-8-9-10(11)12/h2-9H,1H3,(H,11,12). The Labute approximate surface area is 72.2 Å². The molecule has 0 fully saturated rings. The third-order valence-corrected chi connectivity index (χ3v) is 0.987. The highest BCUT2D eigenvalue weighted by Gasteiger charge is 1.78. The lowest BCUT2D eigenvalue weighted by atomic mass is 10.4. The van der Waals surface area contributed by atoms with Crippen molar-refractivity contribution < 1.29 is 9.90 Å². The van der Waals surface area contributed by atoms with Crippen molar-refractivity contribution in [1.82, 2.24) is 0 Å². The van der Waals surface area contributed by atoms with Crippen LogP contribution in [0.1, 0.15) is 6.92 Å². The maximum absolute atomic E-state index is 9.98. The third kappa shape index (κ3) is 8.43. The van der Waals surface area contributed by atoms with Gasteiger partial charge in [0, 0.05) is 6.08 Å². The maximum Gasteiger partial charge on any atom is 0.328 e. The zero-order valence-corrected chi connectivity index (χ0v) is 6.97. The normalized spacial score (nSPS) is 12.8. The highest BCUT2D eigenvalue weighted by molar-refractivity contribution is 5.80. The lowest BCUT2D eigenvalue weighted by molar-refractivity contribution is -0.131. The third-order valence-electron chi connectivity index (χ3n) is 0.987. The Kier molecular flexibility index (Phi) is 6.55. The van der Waals surface area contributed by atoms with Crippen LogP contribution < -0.4 is 0 Å². The van der Waals surface area contributed by atoms with Gasteiger partial charge in [0.15, 0.2) is 0 Å². The Hall–Kier alpha value is -1.57. The van der Waals surface area contributed by atoms with E-state index in [1.165, 1.54) is 6.08 Å². The smallest absolute Gasteiger partial charge is 0.328 e. The highest BCUT2D eigenvalue weighted by Crippen LogP contribution is 1.81. The molecule has 0 amide bonds. The summed E-state index contributed by atoms with van der Waals surface area (Å²) in [5, 5.41) is 8.20. The fourth-order valence-corrected chi connectivity index (χ4v) is 0.506. The first-order chi connectivity index (χ1) is 5.77. The summed E-state index contributed by atoms with van der Waals surface area (Å²) in [4.78, 5) is 9.98. The SMILES string of the molecule is CC=CC=CC=CC=CC(=O)O. The van der Waals surface area contributed by atoms with Crippen LogP contribution in [0, 0.1) is 0 Å². The molecule has 12 heavy (non-hydrogen) atoms. The van der Waals surface area contributed by atoms with E-state index in [-0.39, 0.29) is 0 Å². The summed E-state index contributed by atoms with van der Waals surface area (Å²) in [6.45, 7) is 1.93. The lowest BCUT2D eigenvalue weighted by Crippen LogP contribution is -1.84. The number of rotatable bonds is 4. The molecule has 0 heterocycles. The van der Waals surface area contributed by atoms with Crippen LogP contribution >= 0.6 is 0 Å². The molecular formula is C10H12O2. The molecule has 2 heteroatoms. The molecule has 1 N–H and O–H groups in total. The summed E-state index contributed by atoms with van der Waals surface area (Å²) < 4.78 is 0. The number of carboxylic acid groups (broad SMARTS) is 1. The summed E-state index contributed by atoms with van der Waals surface area (Å²) in [5.74, 6) is -0.933. The second-order valence-corrected chi connectivity index (χ2v) is 1.99. The average molecular weight is 164 g/mol. The van der Waals surface area contributed by atoms with E-state index in [4.69, 9.17) is 5.11 Å². The summed E-state index contributed by atoms with van der Waals surface area (Å²) in [6, 6.07) is 0. The van der Waals surface area contributed by atoms with Crippen LogP contribution in [-0.2, 0) is 4.79 Å². The van der Waals surface area contributed by atoms with Gasteiger partial charge in [0.25, 0.3) is 0 Å². The van der Waals surface area contributed by atoms with Crippen LogP contribution in [0.2, 0.25) is 0 Å². The Morgan fingerprint density at radius 2 is 1.50 bits per heavy atom. The predicted octanol–water partition coefficient (Wildman–Crippen LogP) is 2.32. The maximum atomic E-state index is 9.98. The highest BCUT2D eigenvalue weighted by atomic mass is 16.4. The van der Waals surface area contributed by atoms with Crippen LogP contribution in [-0.4, -0.2) is 11.1 Å². The molecule has 0 aliphatic carbocycles. The Bertz CT molecular complexity index is 232. The van der Waals surface area contributed by atoms with Crippen molar-refractivity contribution in [3.05, 3.63) is 48.6 Å². The van der Waals surface area contributed by atoms with E-state index in [2.05, 4.69) is 0 Å². The van der Waals surface area contributed by atoms with Crippen molar-refractivity contribution in [2.75, 3.05) is 0 Å². The molecule has 0 bridgehead atoms. The van der Waals surface area contributed by atoms with Gasteiger partial charge in [-0.2, -0.15) is 0 Å². The molecule has 0 radical (unpaired) electrons. The molecule has 64 valence electrons. The van der Waals surface area contributed by atoms with Gasteiger partial charge in [-0.05, 0) is 6.92 Å². The largest absolute Gasteiger partial charge is 0.478 e. The van der Waals surface area contributed by atoms with Crippen molar-refractivity contribution in [2.24, 2.45) is 0 Å². The number of hydrogen-bond donors (Lipinski definition) is 1. The van der Waals surface area contributed by atoms with Crippen molar-refractivity contribution >= 4 is 5.97 Å². The zero-order chi connectivity index (χ0) is 9.23. The van der Waals surface area contributed by atoms with Gasteiger partial charge in [-0.25, -0.2) is 4.79 Å². The average Bonchev–Trinajstić information content (AvgIpc) is 2.02. The molecule has 0 aliphatic rings. The summed E-state index contributed by atoms with van der Waals surface area (Å²) in [7, 11) is 0. The molecule has 0 aromatic rings. The van der Waals surface area contributed by atoms with E-state index in [9.17, 15) is 4.79 Å². The topological polar surface area (TPSA) is 37.3 Å². The first-order valence-electron chi connectivity index (χ1n) is 3.63. The molecule has 0 saturated carbocycles. The number of allylic oxidation sites excluding steroid dienone is 7. The minimum absolute atomic E-state index is 0.933. The van der Waals surface area contributed by atoms with Crippen molar-refractivity contribution in [3.8, 4) is 0 Å². The van der Waals surface area contributed by atoms with E-state index >= 15 is 0 Å². The zero-order valence-electron chi connectivity index (χ0n) is 6.97. The number of carboxylic acids is 1. The molecule has 0 atom stereocenters. The van der Waals surface area contributed by atoms with Crippen LogP contribution in [0.3, 0.4) is 0 Å². The minimum Gasteiger partial charge on any atom is -0.478 e. The Morgan fingerprint density at radius 3 is 2.00 bits per heavy atom. The number of hydrogen-bond acceptors (Lipinski definition) is 1. The van der Waals surface area contributed by atoms with Gasteiger partial charge in [0.1, 0.15) is 0 Å². The van der Waals surface area contributed by atoms with E-state index < -0.39 is 5.97 Å². The van der Waals surface area contributed by atoms with E-state index in [0.29, 0.717) is 0 Å². The molecule has 0 rings (SSSR count). The summed E-state index contributed by atoms with van der Waals surface area (Å²) in [5.41, 5.74) is 0. The molecule has 0 aromatic carbocycles. The molecule has 0 aromatic heterocycles. The van der Waals surface area contributed by atoms with Gasteiger partial charge in [-0.1, -0.05) is 42.5 Å². The van der Waals surface area contributed by atoms with E-state index in [0.717, 1.165) is 6.08 Å². The summed E-state index contributed by atoms with van der Waals surface area (Å²) in [6.07, 6.45) is 13.5. The molecular weight excluding hydrogens is 152 g/mol. The first kappa shape index (κ1) is 10.4. The first-order valence-corrected chi connectivity index (χ1v) is 3.63. The molecule has 0 unspecified atom stereocenters. The van der Waals surface area contributed by atoms with Crippen LogP contribution in [0.5, 0.6) is 0 Å². The van der Waals surface area contributed by atoms with E-state index in [1.54, 1.807) is 12.2 Å². The Balaban J connectivity index is 3.70. The van der Waals surface area contributed by atoms with E-state index in [1.807, 2.05) is 31.2 Å². The lowest BCUT2D eigenvalue weighted by Gasteiger charge is -1.74. The van der Waals surface area contributed by atoms with Gasteiger partial charge in [-0.3, -0.25) is 0 Å². The van der Waals surface area contributed by atoms with Crippen LogP contribution in [0.25, 0.3) is 0 Å². The summed E-state index contributed by atoms with van der Waals surface area (Å²) >= 11 is 0. The van der Waals surface area contributed by atoms with Gasteiger partial charge in [0.2, 0.25) is 0 Å². The Morgan fingerprint density at radius 1 is 1.00 bits per heavy atom. The van der Waals surface area contributed by atoms with Crippen molar-refractivity contribution in [1.29, 1.82) is 0 Å². The second kappa shape index (κ2) is 7.54. The molecule has 2 nitrogen and oxygen atoms in total. The second-order valence-electron chi connectivity index (χ2n) is 1.99. The fraction of sp³-hybridized carbons (Fsp3) is 0.100. The van der Waals surface area contributed by atoms with Gasteiger partial charge in [-0.15, -0.1) is 0 Å². The van der Waals surface area contributed by atoms with Crippen LogP contribution in [0.15, 0.2) is 48.6 Å². The van der Waals surface area contributed by atoms with Crippen molar-refractivity contribution in [3.63, 3.8) is 0 Å². The number of aliphatic carboxylic acids is 1. The number of carbonyl (C=O) groups is 1. The van der Waals surface area contributed by atoms with Crippen molar-refractivity contribution in [2.45, 2.75) is 6.92 Å². The van der Waals surface area contributed by atoms with Gasteiger partial charge in [0.05, 0.1) is 0 Å². The predicted molar refractivity (Wildman–Crippen MR) is 49.9 cm³/mol. The molecule has 0 saturated heterocycles. The monoisotopic (exact) mass is 164 g/mol. The minimum atomic E-state index is -0.933. The molecule has 0 spiro atoms. The quantitative estimate of drug-likeness (QED) is 0.511. The van der Waals surface area contributed by atoms with Gasteiger partial charge < -0.3 is 5.11 Å². The fourth-order valence-electron chi connectivity index (χ4n) is 0.506. The molecule has 0 aliphatic heterocycles.